The molecule has 122 valence electrons. The first-order valence-electron chi connectivity index (χ1n) is 8.02. The molecule has 2 aromatic carbocycles. The van der Waals surface area contributed by atoms with E-state index in [0.29, 0.717) is 11.9 Å². The highest BCUT2D eigenvalue weighted by molar-refractivity contribution is 6.06. The zero-order valence-corrected chi connectivity index (χ0v) is 14.1. The average molecular weight is 320 g/mol. The second-order valence-electron chi connectivity index (χ2n) is 5.88. The molecule has 0 saturated heterocycles. The Morgan fingerprint density at radius 2 is 1.83 bits per heavy atom. The summed E-state index contributed by atoms with van der Waals surface area (Å²) in [6.07, 6.45) is 1.64. The number of carbonyl (C=O) groups is 1. The molecule has 0 fully saturated rings. The molecule has 0 bridgehead atoms. The Morgan fingerprint density at radius 1 is 1.08 bits per heavy atom. The van der Waals surface area contributed by atoms with Crippen molar-refractivity contribution in [2.24, 2.45) is 0 Å². The van der Waals surface area contributed by atoms with Crippen molar-refractivity contribution in [2.75, 3.05) is 5.32 Å². The molecule has 0 spiro atoms. The molecule has 3 rings (SSSR count). The number of fused-ring (bicyclic) bond motifs is 1. The van der Waals surface area contributed by atoms with Crippen LogP contribution in [-0.4, -0.2) is 10.5 Å². The minimum absolute atomic E-state index is 0.163. The fourth-order valence-electron chi connectivity index (χ4n) is 2.84. The number of pyridine rings is 1. The number of rotatable bonds is 3. The van der Waals surface area contributed by atoms with Crippen LogP contribution in [0.4, 0.5) is 5.69 Å². The maximum atomic E-state index is 12.7. The van der Waals surface area contributed by atoms with Gasteiger partial charge in [0.25, 0.3) is 5.91 Å². The number of para-hydroxylation sites is 1. The number of benzene rings is 2. The van der Waals surface area contributed by atoms with Crippen molar-refractivity contribution in [2.45, 2.75) is 27.3 Å². The number of amides is 1. The molecule has 0 atom stereocenters. The van der Waals surface area contributed by atoms with Crippen LogP contribution >= 0.6 is 0 Å². The van der Waals surface area contributed by atoms with Crippen molar-refractivity contribution in [1.29, 1.82) is 0 Å². The summed E-state index contributed by atoms with van der Waals surface area (Å²) in [6, 6.07) is 13.1. The van der Waals surface area contributed by atoms with Gasteiger partial charge in [0.05, 0.1) is 5.52 Å². The van der Waals surface area contributed by atoms with E-state index < -0.39 is 0 Å². The van der Waals surface area contributed by atoms with Gasteiger partial charge in [-0.25, -0.2) is 0 Å². The van der Waals surface area contributed by atoms with Crippen LogP contribution < -0.4 is 10.7 Å². The molecule has 1 aromatic heterocycles. The lowest BCUT2D eigenvalue weighted by Gasteiger charge is -2.13. The number of anilines is 1. The molecule has 0 radical (unpaired) electrons. The van der Waals surface area contributed by atoms with Gasteiger partial charge in [0.1, 0.15) is 5.56 Å². The van der Waals surface area contributed by atoms with E-state index in [1.54, 1.807) is 12.3 Å². The Balaban J connectivity index is 2.09. The van der Waals surface area contributed by atoms with E-state index in [9.17, 15) is 9.59 Å². The number of nitrogens with one attached hydrogen (secondary N) is 1. The van der Waals surface area contributed by atoms with Gasteiger partial charge in [0, 0.05) is 23.8 Å². The Morgan fingerprint density at radius 3 is 2.58 bits per heavy atom. The van der Waals surface area contributed by atoms with Crippen molar-refractivity contribution < 1.29 is 4.79 Å². The number of hydrogen-bond acceptors (Lipinski definition) is 2. The number of aromatic nitrogens is 1. The van der Waals surface area contributed by atoms with Crippen molar-refractivity contribution in [3.63, 3.8) is 0 Å². The topological polar surface area (TPSA) is 51.1 Å². The molecule has 3 aromatic rings. The smallest absolute Gasteiger partial charge is 0.261 e. The van der Waals surface area contributed by atoms with Gasteiger partial charge in [-0.15, -0.1) is 0 Å². The Bertz CT molecular complexity index is 987. The fourth-order valence-corrected chi connectivity index (χ4v) is 2.84. The molecule has 0 aliphatic heterocycles. The third kappa shape index (κ3) is 2.71. The van der Waals surface area contributed by atoms with E-state index in [-0.39, 0.29) is 16.9 Å². The van der Waals surface area contributed by atoms with Gasteiger partial charge in [0.15, 0.2) is 0 Å². The summed E-state index contributed by atoms with van der Waals surface area (Å²) in [4.78, 5) is 25.4. The molecular weight excluding hydrogens is 300 g/mol. The highest BCUT2D eigenvalue weighted by Gasteiger charge is 2.16. The molecule has 0 aliphatic rings. The number of nitrogens with zero attached hydrogens (tertiary/aromatic N) is 1. The highest BCUT2D eigenvalue weighted by atomic mass is 16.2. The van der Waals surface area contributed by atoms with Crippen molar-refractivity contribution in [3.8, 4) is 0 Å². The third-order valence-electron chi connectivity index (χ3n) is 4.43. The molecule has 0 aliphatic carbocycles. The summed E-state index contributed by atoms with van der Waals surface area (Å²) in [5.74, 6) is -0.373. The molecule has 1 heterocycles. The Labute approximate surface area is 140 Å². The van der Waals surface area contributed by atoms with Gasteiger partial charge >= 0.3 is 0 Å². The highest BCUT2D eigenvalue weighted by Crippen LogP contribution is 2.19. The first-order valence-corrected chi connectivity index (χ1v) is 8.02. The average Bonchev–Trinajstić information content (AvgIpc) is 2.59. The van der Waals surface area contributed by atoms with Gasteiger partial charge in [-0.2, -0.15) is 0 Å². The quantitative estimate of drug-likeness (QED) is 0.796. The number of hydrogen-bond donors (Lipinski definition) is 1. The summed E-state index contributed by atoms with van der Waals surface area (Å²) in [5, 5.41) is 3.43. The summed E-state index contributed by atoms with van der Waals surface area (Å²) in [6.45, 7) is 6.62. The molecule has 24 heavy (non-hydrogen) atoms. The zero-order chi connectivity index (χ0) is 17.3. The summed E-state index contributed by atoms with van der Waals surface area (Å²) in [7, 11) is 0. The minimum Gasteiger partial charge on any atom is -0.347 e. The summed E-state index contributed by atoms with van der Waals surface area (Å²) in [5.41, 5.74) is 3.60. The Hall–Kier alpha value is -2.88. The molecule has 0 saturated carbocycles. The largest absolute Gasteiger partial charge is 0.347 e. The van der Waals surface area contributed by atoms with Gasteiger partial charge in [0.2, 0.25) is 5.43 Å². The van der Waals surface area contributed by atoms with Crippen molar-refractivity contribution in [3.05, 3.63) is 75.6 Å². The molecule has 1 amide bonds. The minimum atomic E-state index is -0.373. The first-order chi connectivity index (χ1) is 11.5. The van der Waals surface area contributed by atoms with Crippen LogP contribution in [0.2, 0.25) is 0 Å². The lowest BCUT2D eigenvalue weighted by atomic mass is 10.1. The van der Waals surface area contributed by atoms with Gasteiger partial charge in [-0.3, -0.25) is 9.59 Å². The molecule has 4 nitrogen and oxygen atoms in total. The van der Waals surface area contributed by atoms with Crippen LogP contribution in [0.3, 0.4) is 0 Å². The molecular formula is C20H20N2O2. The van der Waals surface area contributed by atoms with Crippen LogP contribution in [0.1, 0.15) is 28.4 Å². The second-order valence-corrected chi connectivity index (χ2v) is 5.88. The maximum absolute atomic E-state index is 12.7. The fraction of sp³-hybridized carbons (Fsp3) is 0.200. The summed E-state index contributed by atoms with van der Waals surface area (Å²) >= 11 is 0. The lowest BCUT2D eigenvalue weighted by Crippen LogP contribution is -2.24. The molecule has 1 N–H and O–H groups in total. The van der Waals surface area contributed by atoms with Gasteiger partial charge in [-0.1, -0.05) is 24.3 Å². The Kier molecular flexibility index (Phi) is 4.21. The van der Waals surface area contributed by atoms with Crippen molar-refractivity contribution in [1.82, 2.24) is 4.57 Å². The van der Waals surface area contributed by atoms with E-state index in [1.165, 1.54) is 0 Å². The van der Waals surface area contributed by atoms with E-state index >= 15 is 0 Å². The normalized spacial score (nSPS) is 10.8. The zero-order valence-electron chi connectivity index (χ0n) is 14.1. The van der Waals surface area contributed by atoms with E-state index in [4.69, 9.17) is 0 Å². The van der Waals surface area contributed by atoms with Gasteiger partial charge < -0.3 is 9.88 Å². The van der Waals surface area contributed by atoms with Crippen LogP contribution in [0, 0.1) is 13.8 Å². The number of aryl methyl sites for hydroxylation is 2. The number of carbonyl (C=O) groups excluding carboxylic acids is 1. The molecule has 0 unspecified atom stereocenters. The van der Waals surface area contributed by atoms with Crippen LogP contribution in [-0.2, 0) is 6.54 Å². The third-order valence-corrected chi connectivity index (χ3v) is 4.43. The maximum Gasteiger partial charge on any atom is 0.261 e. The van der Waals surface area contributed by atoms with E-state index in [2.05, 4.69) is 5.32 Å². The van der Waals surface area contributed by atoms with Crippen molar-refractivity contribution >= 4 is 22.5 Å². The van der Waals surface area contributed by atoms with Gasteiger partial charge in [-0.05, 0) is 50.1 Å². The van der Waals surface area contributed by atoms with Crippen LogP contribution in [0.25, 0.3) is 10.9 Å². The SMILES string of the molecule is CCn1cc(C(=O)Nc2cccc(C)c2C)c(=O)c2ccccc21. The standard InChI is InChI=1S/C20H20N2O2/c1-4-22-12-16(19(23)15-9-5-6-11-18(15)22)20(24)21-17-10-7-8-13(2)14(17)3/h5-12H,4H2,1-3H3,(H,21,24). The van der Waals surface area contributed by atoms with E-state index in [0.717, 1.165) is 22.3 Å². The second kappa shape index (κ2) is 6.32. The van der Waals surface area contributed by atoms with E-state index in [1.807, 2.05) is 61.7 Å². The lowest BCUT2D eigenvalue weighted by molar-refractivity contribution is 0.102. The summed E-state index contributed by atoms with van der Waals surface area (Å²) < 4.78 is 1.93. The molecule has 4 heteroatoms. The predicted molar refractivity (Wildman–Crippen MR) is 97.8 cm³/mol. The van der Waals surface area contributed by atoms with Crippen LogP contribution in [0.5, 0.6) is 0 Å². The monoisotopic (exact) mass is 320 g/mol. The first kappa shape index (κ1) is 16.0. The van der Waals surface area contributed by atoms with Crippen LogP contribution in [0.15, 0.2) is 53.5 Å². The predicted octanol–water partition coefficient (Wildman–Crippen LogP) is 3.89.